The van der Waals surface area contributed by atoms with E-state index >= 15 is 0 Å². The summed E-state index contributed by atoms with van der Waals surface area (Å²) in [6.07, 6.45) is 1.75. The maximum atomic E-state index is 8.38. The van der Waals surface area contributed by atoms with Crippen molar-refractivity contribution >= 4 is 16.5 Å². The molecule has 0 unspecified atom stereocenters. The third kappa shape index (κ3) is 2.14. The number of nitrogens with zero attached hydrogens (tertiary/aromatic N) is 2. The first-order valence-electron chi connectivity index (χ1n) is 3.23. The second-order valence-electron chi connectivity index (χ2n) is 2.34. The smallest absolute Gasteiger partial charge is 0.185 e. The van der Waals surface area contributed by atoms with Gasteiger partial charge in [-0.25, -0.2) is 10.5 Å². The lowest BCUT2D eigenvalue weighted by Gasteiger charge is -2.04. The van der Waals surface area contributed by atoms with Crippen LogP contribution < -0.4 is 10.4 Å². The van der Waals surface area contributed by atoms with Crippen molar-refractivity contribution in [3.8, 4) is 0 Å². The van der Waals surface area contributed by atoms with Gasteiger partial charge in [-0.05, 0) is 0 Å². The highest BCUT2D eigenvalue weighted by atomic mass is 32.1. The van der Waals surface area contributed by atoms with Crippen molar-refractivity contribution in [3.63, 3.8) is 0 Å². The first-order chi connectivity index (χ1) is 5.24. The highest BCUT2D eigenvalue weighted by Gasteiger charge is 2.01. The second kappa shape index (κ2) is 3.66. The van der Waals surface area contributed by atoms with Gasteiger partial charge in [-0.15, -0.1) is 11.3 Å². The van der Waals surface area contributed by atoms with E-state index in [0.717, 1.165) is 10.0 Å². The quantitative estimate of drug-likeness (QED) is 0.660. The maximum absolute atomic E-state index is 8.38. The zero-order chi connectivity index (χ0) is 8.27. The first-order valence-corrected chi connectivity index (χ1v) is 4.04. The zero-order valence-electron chi connectivity index (χ0n) is 6.53. The minimum atomic E-state index is 0.464. The Labute approximate surface area is 69.4 Å². The number of anilines is 1. The summed E-state index contributed by atoms with van der Waals surface area (Å²) < 4.78 is 0. The van der Waals surface area contributed by atoms with Crippen LogP contribution in [0.15, 0.2) is 6.20 Å². The Morgan fingerprint density at radius 1 is 1.73 bits per heavy atom. The fourth-order valence-corrected chi connectivity index (χ4v) is 1.43. The lowest BCUT2D eigenvalue weighted by Crippen LogP contribution is -2.07. The Hall–Kier alpha value is -0.650. The molecule has 11 heavy (non-hydrogen) atoms. The number of hydroxylamine groups is 1. The van der Waals surface area contributed by atoms with E-state index in [1.54, 1.807) is 17.5 Å². The SMILES string of the molecule is CN(C)c1ncc(CNO)s1. The monoisotopic (exact) mass is 173 g/mol. The number of rotatable bonds is 3. The van der Waals surface area contributed by atoms with Crippen LogP contribution in [0.3, 0.4) is 0 Å². The summed E-state index contributed by atoms with van der Waals surface area (Å²) in [6.45, 7) is 0.464. The van der Waals surface area contributed by atoms with Crippen molar-refractivity contribution in [1.82, 2.24) is 10.5 Å². The Kier molecular flexibility index (Phi) is 2.81. The predicted molar refractivity (Wildman–Crippen MR) is 45.1 cm³/mol. The Morgan fingerprint density at radius 2 is 2.45 bits per heavy atom. The molecule has 62 valence electrons. The molecule has 1 heterocycles. The van der Waals surface area contributed by atoms with Crippen LogP contribution in [0.2, 0.25) is 0 Å². The third-order valence-electron chi connectivity index (χ3n) is 1.18. The van der Waals surface area contributed by atoms with Crippen LogP contribution in [-0.2, 0) is 6.54 Å². The zero-order valence-corrected chi connectivity index (χ0v) is 7.35. The number of aromatic nitrogens is 1. The molecular weight excluding hydrogens is 162 g/mol. The van der Waals surface area contributed by atoms with Crippen LogP contribution in [0.4, 0.5) is 5.13 Å². The molecule has 0 aliphatic heterocycles. The van der Waals surface area contributed by atoms with Gasteiger partial charge in [0.15, 0.2) is 5.13 Å². The van der Waals surface area contributed by atoms with Gasteiger partial charge in [-0.3, -0.25) is 0 Å². The Bertz CT molecular complexity index is 223. The molecule has 1 aromatic rings. The van der Waals surface area contributed by atoms with Crippen LogP contribution in [0.25, 0.3) is 0 Å². The molecule has 0 bridgehead atoms. The lowest BCUT2D eigenvalue weighted by molar-refractivity contribution is 0.162. The van der Waals surface area contributed by atoms with Gasteiger partial charge in [0.05, 0.1) is 6.54 Å². The number of hydrogen-bond acceptors (Lipinski definition) is 5. The van der Waals surface area contributed by atoms with E-state index < -0.39 is 0 Å². The summed E-state index contributed by atoms with van der Waals surface area (Å²) in [5.74, 6) is 0. The van der Waals surface area contributed by atoms with Crippen LogP contribution in [0.1, 0.15) is 4.88 Å². The highest BCUT2D eigenvalue weighted by molar-refractivity contribution is 7.15. The normalized spacial score (nSPS) is 10.1. The van der Waals surface area contributed by atoms with E-state index in [9.17, 15) is 0 Å². The van der Waals surface area contributed by atoms with E-state index in [2.05, 4.69) is 10.5 Å². The molecule has 0 atom stereocenters. The molecule has 5 heteroatoms. The molecule has 0 fully saturated rings. The minimum Gasteiger partial charge on any atom is -0.354 e. The molecular formula is C6H11N3OS. The van der Waals surface area contributed by atoms with E-state index in [0.29, 0.717) is 6.54 Å². The molecule has 1 rings (SSSR count). The van der Waals surface area contributed by atoms with Crippen LogP contribution >= 0.6 is 11.3 Å². The molecule has 0 aliphatic carbocycles. The van der Waals surface area contributed by atoms with Crippen molar-refractivity contribution in [2.24, 2.45) is 0 Å². The Balaban J connectivity index is 2.66. The molecule has 0 amide bonds. The van der Waals surface area contributed by atoms with Crippen molar-refractivity contribution in [3.05, 3.63) is 11.1 Å². The lowest BCUT2D eigenvalue weighted by atomic mass is 10.6. The first kappa shape index (κ1) is 8.45. The summed E-state index contributed by atoms with van der Waals surface area (Å²) in [5, 5.41) is 9.34. The van der Waals surface area contributed by atoms with E-state index in [4.69, 9.17) is 5.21 Å². The average molecular weight is 173 g/mol. The van der Waals surface area contributed by atoms with E-state index in [1.165, 1.54) is 0 Å². The molecule has 0 aromatic carbocycles. The molecule has 2 N–H and O–H groups in total. The summed E-state index contributed by atoms with van der Waals surface area (Å²) in [5.41, 5.74) is 2.09. The van der Waals surface area contributed by atoms with Crippen molar-refractivity contribution in [2.45, 2.75) is 6.54 Å². The van der Waals surface area contributed by atoms with Crippen molar-refractivity contribution in [2.75, 3.05) is 19.0 Å². The molecule has 0 aliphatic rings. The highest BCUT2D eigenvalue weighted by Crippen LogP contribution is 2.19. The van der Waals surface area contributed by atoms with Gasteiger partial charge in [-0.1, -0.05) is 0 Å². The van der Waals surface area contributed by atoms with Crippen LogP contribution in [-0.4, -0.2) is 24.3 Å². The number of hydrogen-bond donors (Lipinski definition) is 2. The van der Waals surface area contributed by atoms with E-state index in [1.807, 2.05) is 19.0 Å². The van der Waals surface area contributed by atoms with Gasteiger partial charge in [0, 0.05) is 25.2 Å². The molecule has 0 radical (unpaired) electrons. The van der Waals surface area contributed by atoms with Gasteiger partial charge in [0.25, 0.3) is 0 Å². The molecule has 0 saturated heterocycles. The standard InChI is InChI=1S/C6H11N3OS/c1-9(2)6-7-3-5(11-6)4-8-10/h3,8,10H,4H2,1-2H3. The van der Waals surface area contributed by atoms with Crippen LogP contribution in [0, 0.1) is 0 Å². The maximum Gasteiger partial charge on any atom is 0.185 e. The second-order valence-corrected chi connectivity index (χ2v) is 3.43. The van der Waals surface area contributed by atoms with Crippen molar-refractivity contribution < 1.29 is 5.21 Å². The van der Waals surface area contributed by atoms with Gasteiger partial charge in [0.2, 0.25) is 0 Å². The van der Waals surface area contributed by atoms with Crippen LogP contribution in [0.5, 0.6) is 0 Å². The molecule has 0 saturated carbocycles. The van der Waals surface area contributed by atoms with Gasteiger partial charge in [-0.2, -0.15) is 0 Å². The van der Waals surface area contributed by atoms with Gasteiger partial charge in [0.1, 0.15) is 0 Å². The third-order valence-corrected chi connectivity index (χ3v) is 2.34. The van der Waals surface area contributed by atoms with Crippen molar-refractivity contribution in [1.29, 1.82) is 0 Å². The largest absolute Gasteiger partial charge is 0.354 e. The molecule has 1 aromatic heterocycles. The number of nitrogens with one attached hydrogen (secondary N) is 1. The average Bonchev–Trinajstić information content (AvgIpc) is 2.37. The minimum absolute atomic E-state index is 0.464. The Morgan fingerprint density at radius 3 is 2.91 bits per heavy atom. The molecule has 4 nitrogen and oxygen atoms in total. The summed E-state index contributed by atoms with van der Waals surface area (Å²) >= 11 is 1.56. The predicted octanol–water partition coefficient (Wildman–Crippen LogP) is 0.688. The summed E-state index contributed by atoms with van der Waals surface area (Å²) in [4.78, 5) is 7.09. The van der Waals surface area contributed by atoms with Gasteiger partial charge < -0.3 is 10.1 Å². The van der Waals surface area contributed by atoms with E-state index in [-0.39, 0.29) is 0 Å². The fourth-order valence-electron chi connectivity index (χ4n) is 0.664. The van der Waals surface area contributed by atoms with Gasteiger partial charge >= 0.3 is 0 Å². The number of thiazole rings is 1. The summed E-state index contributed by atoms with van der Waals surface area (Å²) in [7, 11) is 3.88. The topological polar surface area (TPSA) is 48.4 Å². The summed E-state index contributed by atoms with van der Waals surface area (Å²) in [6, 6.07) is 0. The molecule has 0 spiro atoms. The fraction of sp³-hybridized carbons (Fsp3) is 0.500.